The number of carbonyl (C=O) groups excluding carboxylic acids is 1. The number of fused-ring (bicyclic) bond motifs is 1. The van der Waals surface area contributed by atoms with Crippen LogP contribution in [0.3, 0.4) is 0 Å². The molecular weight excluding hydrogens is 473 g/mol. The lowest BCUT2D eigenvalue weighted by molar-refractivity contribution is 0.0985. The van der Waals surface area contributed by atoms with Crippen molar-refractivity contribution in [2.45, 2.75) is 25.3 Å². The number of halogens is 1. The minimum atomic E-state index is -3.63. The van der Waals surface area contributed by atoms with Gasteiger partial charge in [0.25, 0.3) is 5.91 Å². The van der Waals surface area contributed by atoms with Gasteiger partial charge in [0.2, 0.25) is 10.0 Å². The van der Waals surface area contributed by atoms with E-state index in [0.29, 0.717) is 28.5 Å². The summed E-state index contributed by atoms with van der Waals surface area (Å²) in [6, 6.07) is 20.0. The van der Waals surface area contributed by atoms with Gasteiger partial charge in [-0.3, -0.25) is 9.69 Å². The van der Waals surface area contributed by atoms with E-state index in [0.717, 1.165) is 5.56 Å². The quantitative estimate of drug-likeness (QED) is 0.331. The topological polar surface area (TPSA) is 70.6 Å². The average molecular weight is 498 g/mol. The molecule has 0 spiro atoms. The molecule has 0 unspecified atom stereocenters. The second-order valence-corrected chi connectivity index (χ2v) is 10.5. The second-order valence-electron chi connectivity index (χ2n) is 7.57. The first kappa shape index (κ1) is 24.0. The Kier molecular flexibility index (Phi) is 7.06. The molecule has 1 amide bonds. The maximum absolute atomic E-state index is 14.3. The van der Waals surface area contributed by atoms with Gasteiger partial charge in [0.05, 0.1) is 16.1 Å². The van der Waals surface area contributed by atoms with Crippen LogP contribution in [0, 0.1) is 5.82 Å². The largest absolute Gasteiger partial charge is 0.279 e. The van der Waals surface area contributed by atoms with Crippen LogP contribution in [0.25, 0.3) is 10.2 Å². The summed E-state index contributed by atoms with van der Waals surface area (Å²) < 4.78 is 41.9. The molecule has 0 fully saturated rings. The van der Waals surface area contributed by atoms with E-state index in [-0.39, 0.29) is 22.9 Å². The number of amides is 1. The lowest BCUT2D eigenvalue weighted by Gasteiger charge is -2.21. The maximum Gasteiger partial charge on any atom is 0.260 e. The Morgan fingerprint density at radius 3 is 2.24 bits per heavy atom. The third-order valence-electron chi connectivity index (χ3n) is 5.46. The zero-order valence-corrected chi connectivity index (χ0v) is 20.4. The number of carbonyl (C=O) groups is 1. The van der Waals surface area contributed by atoms with E-state index >= 15 is 0 Å². The molecule has 176 valence electrons. The monoisotopic (exact) mass is 497 g/mol. The molecule has 6 nitrogen and oxygen atoms in total. The van der Waals surface area contributed by atoms with Crippen molar-refractivity contribution in [2.24, 2.45) is 0 Å². The summed E-state index contributed by atoms with van der Waals surface area (Å²) in [6.45, 7) is 4.51. The number of nitrogens with zero attached hydrogens (tertiary/aromatic N) is 3. The predicted octanol–water partition coefficient (Wildman–Crippen LogP) is 5.31. The molecule has 3 aromatic carbocycles. The van der Waals surface area contributed by atoms with E-state index in [4.69, 9.17) is 0 Å². The van der Waals surface area contributed by atoms with E-state index < -0.39 is 15.8 Å². The molecule has 0 aliphatic carbocycles. The van der Waals surface area contributed by atoms with Crippen molar-refractivity contribution >= 4 is 42.6 Å². The Hall–Kier alpha value is -3.14. The number of rotatable bonds is 8. The summed E-state index contributed by atoms with van der Waals surface area (Å²) in [5.41, 5.74) is 1.42. The van der Waals surface area contributed by atoms with Crippen molar-refractivity contribution in [1.82, 2.24) is 9.29 Å². The molecule has 0 aliphatic rings. The summed E-state index contributed by atoms with van der Waals surface area (Å²) in [5, 5.41) is 0.369. The Morgan fingerprint density at radius 1 is 0.941 bits per heavy atom. The molecule has 0 radical (unpaired) electrons. The van der Waals surface area contributed by atoms with Crippen LogP contribution >= 0.6 is 11.3 Å². The highest BCUT2D eigenvalue weighted by Gasteiger charge is 2.25. The van der Waals surface area contributed by atoms with Crippen molar-refractivity contribution in [3.8, 4) is 0 Å². The van der Waals surface area contributed by atoms with Gasteiger partial charge >= 0.3 is 0 Å². The molecule has 9 heteroatoms. The van der Waals surface area contributed by atoms with Crippen molar-refractivity contribution in [1.29, 1.82) is 0 Å². The van der Waals surface area contributed by atoms with Crippen LogP contribution in [-0.2, 0) is 16.6 Å². The van der Waals surface area contributed by atoms with E-state index in [1.165, 1.54) is 50.9 Å². The van der Waals surface area contributed by atoms with Crippen molar-refractivity contribution in [2.75, 3.05) is 18.0 Å². The first-order valence-electron chi connectivity index (χ1n) is 10.9. The van der Waals surface area contributed by atoms with Crippen molar-refractivity contribution < 1.29 is 17.6 Å². The summed E-state index contributed by atoms with van der Waals surface area (Å²) in [7, 11) is -3.63. The Balaban J connectivity index is 1.71. The van der Waals surface area contributed by atoms with Gasteiger partial charge in [-0.15, -0.1) is 0 Å². The summed E-state index contributed by atoms with van der Waals surface area (Å²) in [6.07, 6.45) is 0. The SMILES string of the molecule is CCN(CC)S(=O)(=O)c1ccc(C(=O)N(Cc2ccccc2)c2nc3c(F)cccc3s2)cc1. The highest BCUT2D eigenvalue weighted by atomic mass is 32.2. The van der Waals surface area contributed by atoms with E-state index in [1.54, 1.807) is 26.0 Å². The van der Waals surface area contributed by atoms with Crippen LogP contribution in [0.1, 0.15) is 29.8 Å². The van der Waals surface area contributed by atoms with Gasteiger partial charge in [-0.2, -0.15) is 4.31 Å². The molecular formula is C25H24FN3O3S2. The van der Waals surface area contributed by atoms with Crippen LogP contribution in [0.4, 0.5) is 9.52 Å². The highest BCUT2D eigenvalue weighted by Crippen LogP contribution is 2.32. The van der Waals surface area contributed by atoms with E-state index in [2.05, 4.69) is 4.98 Å². The number of benzene rings is 3. The van der Waals surface area contributed by atoms with Crippen LogP contribution < -0.4 is 4.90 Å². The molecule has 0 N–H and O–H groups in total. The van der Waals surface area contributed by atoms with E-state index in [1.807, 2.05) is 30.3 Å². The number of anilines is 1. The minimum Gasteiger partial charge on any atom is -0.279 e. The smallest absolute Gasteiger partial charge is 0.260 e. The average Bonchev–Trinajstić information content (AvgIpc) is 3.29. The number of hydrogen-bond acceptors (Lipinski definition) is 5. The van der Waals surface area contributed by atoms with Crippen molar-refractivity contribution in [3.63, 3.8) is 0 Å². The predicted molar refractivity (Wildman–Crippen MR) is 133 cm³/mol. The molecule has 34 heavy (non-hydrogen) atoms. The van der Waals surface area contributed by atoms with Gasteiger partial charge < -0.3 is 0 Å². The highest BCUT2D eigenvalue weighted by molar-refractivity contribution is 7.89. The fraction of sp³-hybridized carbons (Fsp3) is 0.200. The lowest BCUT2D eigenvalue weighted by Crippen LogP contribution is -2.31. The first-order chi connectivity index (χ1) is 16.3. The Labute approximate surface area is 202 Å². The number of thiazole rings is 1. The Bertz CT molecular complexity index is 1400. The van der Waals surface area contributed by atoms with Crippen LogP contribution in [-0.4, -0.2) is 36.7 Å². The molecule has 0 saturated carbocycles. The number of sulfonamides is 1. The van der Waals surface area contributed by atoms with Crippen LogP contribution in [0.5, 0.6) is 0 Å². The summed E-state index contributed by atoms with van der Waals surface area (Å²) in [5.74, 6) is -0.798. The standard InChI is InChI=1S/C25H24FN3O3S2/c1-3-28(4-2)34(31,32)20-15-13-19(14-16-20)24(30)29(17-18-9-6-5-7-10-18)25-27-23-21(26)11-8-12-22(23)33-25/h5-16H,3-4,17H2,1-2H3. The molecule has 0 atom stereocenters. The van der Waals surface area contributed by atoms with Crippen molar-refractivity contribution in [3.05, 3.63) is 89.7 Å². The molecule has 1 aromatic heterocycles. The zero-order valence-electron chi connectivity index (χ0n) is 18.8. The zero-order chi connectivity index (χ0) is 24.3. The molecule has 0 aliphatic heterocycles. The summed E-state index contributed by atoms with van der Waals surface area (Å²) >= 11 is 1.23. The van der Waals surface area contributed by atoms with Gasteiger partial charge in [-0.25, -0.2) is 17.8 Å². The third kappa shape index (κ3) is 4.72. The molecule has 0 saturated heterocycles. The minimum absolute atomic E-state index is 0.129. The number of hydrogen-bond donors (Lipinski definition) is 0. The van der Waals surface area contributed by atoms with Crippen LogP contribution in [0.15, 0.2) is 77.7 Å². The van der Waals surface area contributed by atoms with Gasteiger partial charge in [-0.05, 0) is 42.0 Å². The van der Waals surface area contributed by atoms with Gasteiger partial charge in [0.15, 0.2) is 5.13 Å². The Morgan fingerprint density at radius 2 is 1.62 bits per heavy atom. The summed E-state index contributed by atoms with van der Waals surface area (Å²) in [4.78, 5) is 19.6. The number of aromatic nitrogens is 1. The van der Waals surface area contributed by atoms with E-state index in [9.17, 15) is 17.6 Å². The van der Waals surface area contributed by atoms with Crippen LogP contribution in [0.2, 0.25) is 0 Å². The lowest BCUT2D eigenvalue weighted by atomic mass is 10.1. The first-order valence-corrected chi connectivity index (χ1v) is 13.1. The molecule has 1 heterocycles. The molecule has 4 rings (SSSR count). The van der Waals surface area contributed by atoms with Gasteiger partial charge in [0.1, 0.15) is 11.3 Å². The molecule has 4 aromatic rings. The normalized spacial score (nSPS) is 11.8. The molecule has 0 bridgehead atoms. The van der Waals surface area contributed by atoms with Gasteiger partial charge in [0, 0.05) is 18.7 Å². The third-order valence-corrected chi connectivity index (χ3v) is 8.57. The fourth-order valence-corrected chi connectivity index (χ4v) is 6.08. The van der Waals surface area contributed by atoms with Gasteiger partial charge in [-0.1, -0.05) is 61.6 Å². The fourth-order valence-electron chi connectivity index (χ4n) is 3.65. The number of para-hydroxylation sites is 1. The maximum atomic E-state index is 14.3. The second kappa shape index (κ2) is 10.0.